The Hall–Kier alpha value is -1.03. The molecule has 0 spiro atoms. The molecule has 0 saturated carbocycles. The number of nitrogens with zero attached hydrogens (tertiary/aromatic N) is 1. The Morgan fingerprint density at radius 2 is 2.07 bits per heavy atom. The van der Waals surface area contributed by atoms with E-state index in [1.165, 1.54) is 11.3 Å². The second kappa shape index (κ2) is 4.00. The van der Waals surface area contributed by atoms with Crippen molar-refractivity contribution in [1.29, 1.82) is 0 Å². The van der Waals surface area contributed by atoms with Gasteiger partial charge in [-0.05, 0) is 18.9 Å². The molecular weight excluding hydrogens is 196 g/mol. The SMILES string of the molecule is CCc1c(C)sc(N)c1C(=O)N(C)C. The number of carbonyl (C=O) groups excluding carboxylic acids is 1. The third-order valence-corrected chi connectivity index (χ3v) is 3.19. The van der Waals surface area contributed by atoms with Gasteiger partial charge in [0.05, 0.1) is 10.6 Å². The molecule has 3 nitrogen and oxygen atoms in total. The molecule has 0 radical (unpaired) electrons. The van der Waals surface area contributed by atoms with Crippen molar-refractivity contribution in [2.45, 2.75) is 20.3 Å². The number of hydrogen-bond acceptors (Lipinski definition) is 3. The summed E-state index contributed by atoms with van der Waals surface area (Å²) in [6.07, 6.45) is 0.856. The summed E-state index contributed by atoms with van der Waals surface area (Å²) >= 11 is 1.50. The molecule has 1 amide bonds. The molecule has 1 aromatic heterocycles. The van der Waals surface area contributed by atoms with Gasteiger partial charge in [0.2, 0.25) is 0 Å². The summed E-state index contributed by atoms with van der Waals surface area (Å²) in [4.78, 5) is 14.5. The molecule has 78 valence electrons. The summed E-state index contributed by atoms with van der Waals surface area (Å²) in [5.41, 5.74) is 7.61. The lowest BCUT2D eigenvalue weighted by atomic mass is 10.1. The molecule has 0 aromatic carbocycles. The van der Waals surface area contributed by atoms with Gasteiger partial charge in [0.25, 0.3) is 5.91 Å². The van der Waals surface area contributed by atoms with E-state index in [9.17, 15) is 4.79 Å². The normalized spacial score (nSPS) is 10.3. The van der Waals surface area contributed by atoms with E-state index in [4.69, 9.17) is 5.73 Å². The van der Waals surface area contributed by atoms with E-state index in [1.54, 1.807) is 19.0 Å². The summed E-state index contributed by atoms with van der Waals surface area (Å²) < 4.78 is 0. The van der Waals surface area contributed by atoms with Crippen molar-refractivity contribution in [3.63, 3.8) is 0 Å². The van der Waals surface area contributed by atoms with Gasteiger partial charge >= 0.3 is 0 Å². The van der Waals surface area contributed by atoms with Gasteiger partial charge in [0, 0.05) is 19.0 Å². The van der Waals surface area contributed by atoms with E-state index in [1.807, 2.05) is 13.8 Å². The first-order chi connectivity index (χ1) is 6.49. The van der Waals surface area contributed by atoms with Crippen LogP contribution in [0, 0.1) is 6.92 Å². The Bertz CT molecular complexity index is 355. The molecule has 1 heterocycles. The lowest BCUT2D eigenvalue weighted by Gasteiger charge is -2.11. The second-order valence-electron chi connectivity index (χ2n) is 3.43. The zero-order valence-electron chi connectivity index (χ0n) is 9.05. The minimum Gasteiger partial charge on any atom is -0.390 e. The molecule has 0 aliphatic carbocycles. The van der Waals surface area contributed by atoms with Crippen LogP contribution in [0.3, 0.4) is 0 Å². The quantitative estimate of drug-likeness (QED) is 0.814. The van der Waals surface area contributed by atoms with Crippen LogP contribution in [0.2, 0.25) is 0 Å². The molecule has 1 rings (SSSR count). The molecule has 0 saturated heterocycles. The van der Waals surface area contributed by atoms with Gasteiger partial charge in [0.15, 0.2) is 0 Å². The van der Waals surface area contributed by atoms with Gasteiger partial charge in [-0.25, -0.2) is 0 Å². The van der Waals surface area contributed by atoms with Crippen molar-refractivity contribution in [3.05, 3.63) is 16.0 Å². The average molecular weight is 212 g/mol. The molecule has 1 aromatic rings. The first-order valence-corrected chi connectivity index (χ1v) is 5.40. The van der Waals surface area contributed by atoms with Crippen molar-refractivity contribution in [3.8, 4) is 0 Å². The highest BCUT2D eigenvalue weighted by Crippen LogP contribution is 2.31. The number of nitrogen functional groups attached to an aromatic ring is 1. The molecule has 0 bridgehead atoms. The second-order valence-corrected chi connectivity index (χ2v) is 4.69. The van der Waals surface area contributed by atoms with Gasteiger partial charge in [0.1, 0.15) is 0 Å². The fraction of sp³-hybridized carbons (Fsp3) is 0.500. The maximum Gasteiger partial charge on any atom is 0.256 e. The molecule has 2 N–H and O–H groups in total. The lowest BCUT2D eigenvalue weighted by Crippen LogP contribution is -2.23. The fourth-order valence-electron chi connectivity index (χ4n) is 1.49. The van der Waals surface area contributed by atoms with Gasteiger partial charge in [-0.1, -0.05) is 6.92 Å². The van der Waals surface area contributed by atoms with E-state index in [0.29, 0.717) is 10.6 Å². The Kier molecular flexibility index (Phi) is 3.16. The van der Waals surface area contributed by atoms with Crippen LogP contribution in [0.4, 0.5) is 5.00 Å². The van der Waals surface area contributed by atoms with Crippen LogP contribution in [0.5, 0.6) is 0 Å². The third kappa shape index (κ3) is 1.75. The Morgan fingerprint density at radius 1 is 1.50 bits per heavy atom. The number of hydrogen-bond donors (Lipinski definition) is 1. The van der Waals surface area contributed by atoms with E-state index in [0.717, 1.165) is 16.9 Å². The predicted molar refractivity (Wildman–Crippen MR) is 60.9 cm³/mol. The monoisotopic (exact) mass is 212 g/mol. The number of thiophene rings is 1. The van der Waals surface area contributed by atoms with Crippen LogP contribution in [-0.2, 0) is 6.42 Å². The maximum atomic E-state index is 11.8. The van der Waals surface area contributed by atoms with E-state index in [-0.39, 0.29) is 5.91 Å². The number of carbonyl (C=O) groups is 1. The highest BCUT2D eigenvalue weighted by molar-refractivity contribution is 7.16. The van der Waals surface area contributed by atoms with Gasteiger partial charge in [-0.3, -0.25) is 4.79 Å². The van der Waals surface area contributed by atoms with E-state index in [2.05, 4.69) is 0 Å². The minimum absolute atomic E-state index is 0.00343. The molecule has 4 heteroatoms. The highest BCUT2D eigenvalue weighted by Gasteiger charge is 2.20. The molecule has 0 aliphatic heterocycles. The van der Waals surface area contributed by atoms with Gasteiger partial charge in [-0.15, -0.1) is 11.3 Å². The Balaban J connectivity index is 3.25. The van der Waals surface area contributed by atoms with Gasteiger partial charge in [-0.2, -0.15) is 0 Å². The molecular formula is C10H16N2OS. The topological polar surface area (TPSA) is 46.3 Å². The summed E-state index contributed by atoms with van der Waals surface area (Å²) in [5.74, 6) is 0.00343. The van der Waals surface area contributed by atoms with Crippen LogP contribution in [0.15, 0.2) is 0 Å². The van der Waals surface area contributed by atoms with Crippen LogP contribution in [0.25, 0.3) is 0 Å². The van der Waals surface area contributed by atoms with Crippen LogP contribution in [0.1, 0.15) is 27.7 Å². The highest BCUT2D eigenvalue weighted by atomic mass is 32.1. The number of aryl methyl sites for hydroxylation is 1. The van der Waals surface area contributed by atoms with Crippen LogP contribution < -0.4 is 5.73 Å². The van der Waals surface area contributed by atoms with Crippen molar-refractivity contribution in [2.75, 3.05) is 19.8 Å². The number of amides is 1. The minimum atomic E-state index is 0.00343. The van der Waals surface area contributed by atoms with Crippen LogP contribution >= 0.6 is 11.3 Å². The maximum absolute atomic E-state index is 11.8. The summed E-state index contributed by atoms with van der Waals surface area (Å²) in [5, 5.41) is 0.637. The van der Waals surface area contributed by atoms with Crippen molar-refractivity contribution >= 4 is 22.2 Å². The van der Waals surface area contributed by atoms with Crippen molar-refractivity contribution in [2.24, 2.45) is 0 Å². The smallest absolute Gasteiger partial charge is 0.256 e. The number of rotatable bonds is 2. The molecule has 14 heavy (non-hydrogen) atoms. The standard InChI is InChI=1S/C10H16N2OS/c1-5-7-6(2)14-9(11)8(7)10(13)12(3)4/h5,11H2,1-4H3. The summed E-state index contributed by atoms with van der Waals surface area (Å²) in [6.45, 7) is 4.05. The molecule has 0 aliphatic rings. The van der Waals surface area contributed by atoms with Crippen LogP contribution in [-0.4, -0.2) is 24.9 Å². The zero-order chi connectivity index (χ0) is 10.9. The van der Waals surface area contributed by atoms with Crippen molar-refractivity contribution in [1.82, 2.24) is 4.90 Å². The zero-order valence-corrected chi connectivity index (χ0v) is 9.86. The molecule has 0 fully saturated rings. The largest absolute Gasteiger partial charge is 0.390 e. The average Bonchev–Trinajstić information content (AvgIpc) is 2.38. The summed E-state index contributed by atoms with van der Waals surface area (Å²) in [7, 11) is 3.49. The summed E-state index contributed by atoms with van der Waals surface area (Å²) in [6, 6.07) is 0. The first-order valence-electron chi connectivity index (χ1n) is 4.58. The van der Waals surface area contributed by atoms with Crippen molar-refractivity contribution < 1.29 is 4.79 Å². The predicted octanol–water partition coefficient (Wildman–Crippen LogP) is 1.90. The third-order valence-electron chi connectivity index (χ3n) is 2.21. The number of anilines is 1. The first kappa shape index (κ1) is 11.0. The van der Waals surface area contributed by atoms with Gasteiger partial charge < -0.3 is 10.6 Å². The molecule has 0 atom stereocenters. The number of nitrogens with two attached hydrogens (primary N) is 1. The van der Waals surface area contributed by atoms with E-state index >= 15 is 0 Å². The Labute approximate surface area is 88.5 Å². The fourth-order valence-corrected chi connectivity index (χ4v) is 2.50. The lowest BCUT2D eigenvalue weighted by molar-refractivity contribution is 0.0828. The Morgan fingerprint density at radius 3 is 2.50 bits per heavy atom. The molecule has 0 unspecified atom stereocenters. The van der Waals surface area contributed by atoms with E-state index < -0.39 is 0 Å².